The van der Waals surface area contributed by atoms with Gasteiger partial charge in [0.1, 0.15) is 18.0 Å². The molecule has 3 heterocycles. The van der Waals surface area contributed by atoms with Crippen LogP contribution in [0, 0.1) is 6.92 Å². The summed E-state index contributed by atoms with van der Waals surface area (Å²) >= 11 is 0. The molecular weight excluding hydrogens is 254 g/mol. The Kier molecular flexibility index (Phi) is 3.32. The Morgan fingerprint density at radius 3 is 3.05 bits per heavy atom. The first-order chi connectivity index (χ1) is 9.78. The maximum absolute atomic E-state index is 4.32. The van der Waals surface area contributed by atoms with Gasteiger partial charge in [0.25, 0.3) is 5.78 Å². The number of rotatable bonds is 5. The van der Waals surface area contributed by atoms with E-state index < -0.39 is 0 Å². The fourth-order valence-electron chi connectivity index (χ4n) is 2.22. The summed E-state index contributed by atoms with van der Waals surface area (Å²) in [5, 5.41) is 7.55. The number of aromatic nitrogens is 6. The Hall–Kier alpha value is -2.44. The zero-order valence-corrected chi connectivity index (χ0v) is 11.6. The SMILES string of the molecule is CCc1nccn1CCNc1cc(C)nc2ncnn12. The fourth-order valence-corrected chi connectivity index (χ4v) is 2.22. The number of aryl methyl sites for hydroxylation is 2. The fraction of sp³-hybridized carbons (Fsp3) is 0.385. The van der Waals surface area contributed by atoms with E-state index in [-0.39, 0.29) is 0 Å². The third-order valence-corrected chi connectivity index (χ3v) is 3.16. The smallest absolute Gasteiger partial charge is 0.254 e. The summed E-state index contributed by atoms with van der Waals surface area (Å²) in [5.41, 5.74) is 0.921. The molecule has 0 aromatic carbocycles. The molecule has 0 fully saturated rings. The summed E-state index contributed by atoms with van der Waals surface area (Å²) in [6, 6.07) is 1.97. The van der Waals surface area contributed by atoms with Gasteiger partial charge in [-0.1, -0.05) is 6.92 Å². The van der Waals surface area contributed by atoms with Crippen LogP contribution < -0.4 is 5.32 Å². The number of anilines is 1. The Labute approximate surface area is 116 Å². The third kappa shape index (κ3) is 2.34. The molecule has 104 valence electrons. The lowest BCUT2D eigenvalue weighted by Crippen LogP contribution is -2.14. The van der Waals surface area contributed by atoms with Crippen LogP contribution >= 0.6 is 0 Å². The average Bonchev–Trinajstić information content (AvgIpc) is 3.06. The van der Waals surface area contributed by atoms with Crippen LogP contribution in [0.2, 0.25) is 0 Å². The highest BCUT2D eigenvalue weighted by molar-refractivity contribution is 5.44. The molecule has 7 nitrogen and oxygen atoms in total. The molecule has 0 atom stereocenters. The number of hydrogen-bond donors (Lipinski definition) is 1. The molecule has 0 aliphatic heterocycles. The van der Waals surface area contributed by atoms with Crippen LogP contribution in [0.3, 0.4) is 0 Å². The maximum atomic E-state index is 4.32. The van der Waals surface area contributed by atoms with Gasteiger partial charge in [-0.3, -0.25) is 0 Å². The molecule has 0 amide bonds. The predicted octanol–water partition coefficient (Wildman–Crippen LogP) is 1.30. The quantitative estimate of drug-likeness (QED) is 0.757. The lowest BCUT2D eigenvalue weighted by atomic mass is 10.4. The van der Waals surface area contributed by atoms with Gasteiger partial charge >= 0.3 is 0 Å². The molecule has 3 aromatic heterocycles. The van der Waals surface area contributed by atoms with Gasteiger partial charge in [0.2, 0.25) is 0 Å². The number of nitrogens with one attached hydrogen (secondary N) is 1. The number of fused-ring (bicyclic) bond motifs is 1. The molecule has 0 saturated carbocycles. The standard InChI is InChI=1S/C13H17N7/c1-3-11-14-4-6-19(11)7-5-15-12-8-10(2)18-13-16-9-17-20(12)13/h4,6,8-9,15H,3,5,7H2,1-2H3. The van der Waals surface area contributed by atoms with Crippen LogP contribution in [0.4, 0.5) is 5.82 Å². The van der Waals surface area contributed by atoms with E-state index in [1.54, 1.807) is 4.52 Å². The second kappa shape index (κ2) is 5.28. The van der Waals surface area contributed by atoms with E-state index in [2.05, 4.69) is 36.9 Å². The number of hydrogen-bond acceptors (Lipinski definition) is 5. The van der Waals surface area contributed by atoms with Gasteiger partial charge in [0, 0.05) is 43.7 Å². The van der Waals surface area contributed by atoms with Crippen molar-refractivity contribution in [2.24, 2.45) is 0 Å². The highest BCUT2D eigenvalue weighted by Gasteiger charge is 2.05. The number of imidazole rings is 1. The molecule has 0 radical (unpaired) electrons. The first-order valence-corrected chi connectivity index (χ1v) is 6.69. The topological polar surface area (TPSA) is 72.9 Å². The van der Waals surface area contributed by atoms with E-state index in [1.807, 2.05) is 25.4 Å². The molecule has 0 aliphatic carbocycles. The Bertz CT molecular complexity index is 712. The Balaban J connectivity index is 1.72. The van der Waals surface area contributed by atoms with E-state index in [1.165, 1.54) is 6.33 Å². The van der Waals surface area contributed by atoms with Gasteiger partial charge in [0.05, 0.1) is 0 Å². The second-order valence-electron chi connectivity index (χ2n) is 4.57. The summed E-state index contributed by atoms with van der Waals surface area (Å²) < 4.78 is 3.86. The van der Waals surface area contributed by atoms with Gasteiger partial charge < -0.3 is 9.88 Å². The van der Waals surface area contributed by atoms with E-state index in [0.717, 1.165) is 36.8 Å². The highest BCUT2D eigenvalue weighted by atomic mass is 15.4. The molecule has 20 heavy (non-hydrogen) atoms. The molecule has 1 N–H and O–H groups in total. The highest BCUT2D eigenvalue weighted by Crippen LogP contribution is 2.09. The van der Waals surface area contributed by atoms with Crippen molar-refractivity contribution in [1.82, 2.24) is 29.1 Å². The van der Waals surface area contributed by atoms with Gasteiger partial charge in [-0.2, -0.15) is 14.6 Å². The van der Waals surface area contributed by atoms with Gasteiger partial charge in [-0.15, -0.1) is 0 Å². The molecule has 3 aromatic rings. The zero-order chi connectivity index (χ0) is 13.9. The summed E-state index contributed by atoms with van der Waals surface area (Å²) in [5.74, 6) is 2.62. The van der Waals surface area contributed by atoms with Crippen molar-refractivity contribution in [3.63, 3.8) is 0 Å². The molecule has 7 heteroatoms. The van der Waals surface area contributed by atoms with Crippen molar-refractivity contribution in [2.45, 2.75) is 26.8 Å². The van der Waals surface area contributed by atoms with Crippen molar-refractivity contribution in [2.75, 3.05) is 11.9 Å². The van der Waals surface area contributed by atoms with Crippen molar-refractivity contribution in [3.8, 4) is 0 Å². The van der Waals surface area contributed by atoms with Gasteiger partial charge in [0.15, 0.2) is 0 Å². The van der Waals surface area contributed by atoms with Crippen LogP contribution in [0.25, 0.3) is 5.78 Å². The lowest BCUT2D eigenvalue weighted by molar-refractivity contribution is 0.678. The molecule has 0 bridgehead atoms. The average molecular weight is 271 g/mol. The summed E-state index contributed by atoms with van der Waals surface area (Å²) in [6.45, 7) is 5.71. The van der Waals surface area contributed by atoms with Gasteiger partial charge in [-0.25, -0.2) is 9.97 Å². The zero-order valence-electron chi connectivity index (χ0n) is 11.6. The van der Waals surface area contributed by atoms with E-state index in [9.17, 15) is 0 Å². The van der Waals surface area contributed by atoms with E-state index >= 15 is 0 Å². The Morgan fingerprint density at radius 1 is 1.30 bits per heavy atom. The predicted molar refractivity (Wildman–Crippen MR) is 75.6 cm³/mol. The van der Waals surface area contributed by atoms with Crippen LogP contribution in [0.15, 0.2) is 24.8 Å². The minimum Gasteiger partial charge on any atom is -0.368 e. The largest absolute Gasteiger partial charge is 0.368 e. The molecule has 0 saturated heterocycles. The summed E-state index contributed by atoms with van der Waals surface area (Å²) in [7, 11) is 0. The Morgan fingerprint density at radius 2 is 2.20 bits per heavy atom. The van der Waals surface area contributed by atoms with Crippen LogP contribution in [0.5, 0.6) is 0 Å². The lowest BCUT2D eigenvalue weighted by Gasteiger charge is -2.10. The van der Waals surface area contributed by atoms with Crippen molar-refractivity contribution in [3.05, 3.63) is 36.3 Å². The van der Waals surface area contributed by atoms with E-state index in [4.69, 9.17) is 0 Å². The molecular formula is C13H17N7. The van der Waals surface area contributed by atoms with Crippen LogP contribution in [-0.4, -0.2) is 35.7 Å². The first-order valence-electron chi connectivity index (χ1n) is 6.69. The normalized spacial score (nSPS) is 11.1. The van der Waals surface area contributed by atoms with Crippen LogP contribution in [0.1, 0.15) is 18.4 Å². The maximum Gasteiger partial charge on any atom is 0.254 e. The summed E-state index contributed by atoms with van der Waals surface area (Å²) in [4.78, 5) is 12.7. The monoisotopic (exact) mass is 271 g/mol. The molecule has 3 rings (SSSR count). The minimum atomic E-state index is 0.615. The molecule has 0 unspecified atom stereocenters. The molecule has 0 aliphatic rings. The summed E-state index contributed by atoms with van der Waals surface area (Å²) in [6.07, 6.45) is 6.29. The second-order valence-corrected chi connectivity index (χ2v) is 4.57. The van der Waals surface area contributed by atoms with Gasteiger partial charge in [-0.05, 0) is 6.92 Å². The van der Waals surface area contributed by atoms with Crippen molar-refractivity contribution >= 4 is 11.6 Å². The number of nitrogens with zero attached hydrogens (tertiary/aromatic N) is 6. The van der Waals surface area contributed by atoms with E-state index in [0.29, 0.717) is 5.78 Å². The first kappa shape index (κ1) is 12.6. The minimum absolute atomic E-state index is 0.615. The third-order valence-electron chi connectivity index (χ3n) is 3.16. The molecule has 0 spiro atoms. The van der Waals surface area contributed by atoms with Crippen LogP contribution in [-0.2, 0) is 13.0 Å². The van der Waals surface area contributed by atoms with Crippen molar-refractivity contribution in [1.29, 1.82) is 0 Å². The van der Waals surface area contributed by atoms with Crippen molar-refractivity contribution < 1.29 is 0 Å².